The van der Waals surface area contributed by atoms with Gasteiger partial charge in [-0.25, -0.2) is 4.79 Å². The van der Waals surface area contributed by atoms with Crippen LogP contribution >= 0.6 is 0 Å². The van der Waals surface area contributed by atoms with E-state index in [0.29, 0.717) is 19.3 Å². The maximum atomic E-state index is 12.7. The van der Waals surface area contributed by atoms with Crippen LogP contribution in [0.25, 0.3) is 0 Å². The number of nitrogens with zero attached hydrogens (tertiary/aromatic N) is 1. The third-order valence-electron chi connectivity index (χ3n) is 10.2. The highest BCUT2D eigenvalue weighted by atomic mass is 16.6. The summed E-state index contributed by atoms with van der Waals surface area (Å²) in [6.45, 7) is 4.61. The minimum Gasteiger partial charge on any atom is -0.477 e. The minimum absolute atomic E-state index is 0.0540. The van der Waals surface area contributed by atoms with Gasteiger partial charge in [0.25, 0.3) is 0 Å². The molecule has 0 fully saturated rings. The Labute approximate surface area is 350 Å². The molecule has 330 valence electrons. The standard InChI is InChI=1S/C49H87NO7/c1-6-8-10-12-14-16-18-20-22-24-26-27-29-31-33-35-37-39-47(51)56-44-45(43-55-42-41-46(49(53)54)50(3,4)5)57-48(52)40-38-36-34-32-30-28-25-23-21-19-17-15-13-11-9-7-2/h9,11,15,17,20-23,45-46H,6-8,10,12-14,16,18-19,24-44H2,1-5H3/p+1/b11-9+,17-15+,22-20+,23-21+. The zero-order chi connectivity index (χ0) is 42.1. The Morgan fingerprint density at radius 1 is 0.544 bits per heavy atom. The maximum Gasteiger partial charge on any atom is 0.362 e. The smallest absolute Gasteiger partial charge is 0.362 e. The van der Waals surface area contributed by atoms with E-state index < -0.39 is 18.1 Å². The number of carbonyl (C=O) groups excluding carboxylic acids is 2. The van der Waals surface area contributed by atoms with Crippen LogP contribution < -0.4 is 0 Å². The predicted octanol–water partition coefficient (Wildman–Crippen LogP) is 12.8. The molecule has 0 aliphatic heterocycles. The van der Waals surface area contributed by atoms with E-state index in [1.807, 2.05) is 21.1 Å². The second kappa shape index (κ2) is 40.1. The van der Waals surface area contributed by atoms with Crippen molar-refractivity contribution < 1.29 is 38.2 Å². The lowest BCUT2D eigenvalue weighted by Crippen LogP contribution is -2.50. The van der Waals surface area contributed by atoms with E-state index in [2.05, 4.69) is 62.5 Å². The maximum absolute atomic E-state index is 12.7. The molecule has 0 aromatic heterocycles. The molecule has 8 heteroatoms. The fourth-order valence-corrected chi connectivity index (χ4v) is 6.63. The van der Waals surface area contributed by atoms with E-state index in [9.17, 15) is 19.5 Å². The minimum atomic E-state index is -0.878. The van der Waals surface area contributed by atoms with Crippen LogP contribution in [0.2, 0.25) is 0 Å². The molecule has 0 aliphatic rings. The van der Waals surface area contributed by atoms with Gasteiger partial charge in [-0.3, -0.25) is 9.59 Å². The number of carboxylic acid groups (broad SMARTS) is 1. The van der Waals surface area contributed by atoms with Crippen molar-refractivity contribution in [2.75, 3.05) is 41.0 Å². The Hall–Kier alpha value is -2.71. The number of quaternary nitrogens is 1. The number of carbonyl (C=O) groups is 3. The molecule has 0 heterocycles. The molecule has 0 saturated carbocycles. The van der Waals surface area contributed by atoms with E-state index in [0.717, 1.165) is 70.6 Å². The van der Waals surface area contributed by atoms with Gasteiger partial charge in [0.2, 0.25) is 0 Å². The third-order valence-corrected chi connectivity index (χ3v) is 10.2. The number of hydrogen-bond acceptors (Lipinski definition) is 6. The summed E-state index contributed by atoms with van der Waals surface area (Å²) < 4.78 is 17.3. The average Bonchev–Trinajstić information content (AvgIpc) is 3.17. The quantitative estimate of drug-likeness (QED) is 0.0284. The van der Waals surface area contributed by atoms with Crippen molar-refractivity contribution in [2.24, 2.45) is 0 Å². The Morgan fingerprint density at radius 3 is 1.47 bits per heavy atom. The summed E-state index contributed by atoms with van der Waals surface area (Å²) in [6, 6.07) is -0.618. The van der Waals surface area contributed by atoms with Crippen molar-refractivity contribution in [1.82, 2.24) is 0 Å². The monoisotopic (exact) mass is 803 g/mol. The molecule has 0 aromatic rings. The van der Waals surface area contributed by atoms with Crippen LogP contribution in [0, 0.1) is 0 Å². The molecular formula is C49H88NO7+. The molecule has 0 amide bonds. The predicted molar refractivity (Wildman–Crippen MR) is 238 cm³/mol. The molecular weight excluding hydrogens is 715 g/mol. The first-order valence-corrected chi connectivity index (χ1v) is 23.2. The van der Waals surface area contributed by atoms with E-state index >= 15 is 0 Å². The Morgan fingerprint density at radius 2 is 0.982 bits per heavy atom. The van der Waals surface area contributed by atoms with Crippen molar-refractivity contribution in [3.63, 3.8) is 0 Å². The number of esters is 2. The normalized spacial score (nSPS) is 13.4. The van der Waals surface area contributed by atoms with Crippen molar-refractivity contribution >= 4 is 17.9 Å². The number of carboxylic acids is 1. The van der Waals surface area contributed by atoms with E-state index in [1.165, 1.54) is 89.9 Å². The summed E-state index contributed by atoms with van der Waals surface area (Å²) in [4.78, 5) is 37.0. The van der Waals surface area contributed by atoms with Gasteiger partial charge in [0.15, 0.2) is 12.1 Å². The van der Waals surface area contributed by atoms with E-state index in [4.69, 9.17) is 14.2 Å². The van der Waals surface area contributed by atoms with Crippen LogP contribution in [0.4, 0.5) is 0 Å². The molecule has 2 atom stereocenters. The SMILES string of the molecule is CC/C=C/C/C=C/C/C=C/CCCCCCCCC(=O)OC(COCCC(C(=O)O)[N+](C)(C)C)COC(=O)CCCCCCCCC/C=C/CCCCCCCC. The molecule has 0 rings (SSSR count). The second-order valence-electron chi connectivity index (χ2n) is 16.6. The average molecular weight is 803 g/mol. The number of ether oxygens (including phenoxy) is 3. The summed E-state index contributed by atoms with van der Waals surface area (Å²) in [7, 11) is 5.52. The second-order valence-corrected chi connectivity index (χ2v) is 16.6. The first kappa shape index (κ1) is 54.3. The third kappa shape index (κ3) is 38.6. The number of aliphatic carboxylic acids is 1. The Bertz CT molecular complexity index is 1070. The molecule has 2 unspecified atom stereocenters. The van der Waals surface area contributed by atoms with Gasteiger partial charge in [-0.2, -0.15) is 0 Å². The van der Waals surface area contributed by atoms with Gasteiger partial charge >= 0.3 is 17.9 Å². The van der Waals surface area contributed by atoms with Crippen LogP contribution in [-0.4, -0.2) is 80.6 Å². The molecule has 0 aliphatic carbocycles. The van der Waals surface area contributed by atoms with Crippen LogP contribution in [0.3, 0.4) is 0 Å². The van der Waals surface area contributed by atoms with Crippen molar-refractivity contribution in [2.45, 2.75) is 206 Å². The highest BCUT2D eigenvalue weighted by Crippen LogP contribution is 2.14. The summed E-state index contributed by atoms with van der Waals surface area (Å²) in [5, 5.41) is 9.63. The van der Waals surface area contributed by atoms with Crippen LogP contribution in [-0.2, 0) is 28.6 Å². The first-order valence-electron chi connectivity index (χ1n) is 23.2. The fourth-order valence-electron chi connectivity index (χ4n) is 6.63. The van der Waals surface area contributed by atoms with Crippen LogP contribution in [0.5, 0.6) is 0 Å². The Kier molecular flexibility index (Phi) is 38.2. The summed E-state index contributed by atoms with van der Waals surface area (Å²) in [5.41, 5.74) is 0. The van der Waals surface area contributed by atoms with Gasteiger partial charge in [0.05, 0.1) is 34.4 Å². The van der Waals surface area contributed by atoms with E-state index in [-0.39, 0.29) is 36.2 Å². The molecule has 57 heavy (non-hydrogen) atoms. The number of allylic oxidation sites excluding steroid dienone is 8. The fraction of sp³-hybridized carbons (Fsp3) is 0.776. The number of likely N-dealkylation sites (N-methyl/N-ethyl adjacent to an activating group) is 1. The van der Waals surface area contributed by atoms with Crippen LogP contribution in [0.1, 0.15) is 194 Å². The first-order chi connectivity index (χ1) is 27.6. The van der Waals surface area contributed by atoms with Gasteiger partial charge in [-0.15, -0.1) is 0 Å². The zero-order valence-electron chi connectivity index (χ0n) is 37.5. The number of unbranched alkanes of at least 4 members (excludes halogenated alkanes) is 19. The molecule has 0 bridgehead atoms. The summed E-state index contributed by atoms with van der Waals surface area (Å²) in [5.74, 6) is -1.49. The van der Waals surface area contributed by atoms with Crippen LogP contribution in [0.15, 0.2) is 48.6 Å². The number of rotatable bonds is 41. The highest BCUT2D eigenvalue weighted by molar-refractivity contribution is 5.72. The molecule has 0 radical (unpaired) electrons. The highest BCUT2D eigenvalue weighted by Gasteiger charge is 2.31. The summed E-state index contributed by atoms with van der Waals surface area (Å²) >= 11 is 0. The van der Waals surface area contributed by atoms with Gasteiger partial charge < -0.3 is 23.8 Å². The lowest BCUT2D eigenvalue weighted by Gasteiger charge is -2.31. The van der Waals surface area contributed by atoms with Gasteiger partial charge in [-0.05, 0) is 70.6 Å². The lowest BCUT2D eigenvalue weighted by molar-refractivity contribution is -0.887. The zero-order valence-corrected chi connectivity index (χ0v) is 37.5. The topological polar surface area (TPSA) is 99.1 Å². The van der Waals surface area contributed by atoms with E-state index in [1.54, 1.807) is 0 Å². The molecule has 1 N–H and O–H groups in total. The molecule has 0 aromatic carbocycles. The van der Waals surface area contributed by atoms with Gasteiger partial charge in [-0.1, -0.05) is 152 Å². The number of hydrogen-bond donors (Lipinski definition) is 1. The van der Waals surface area contributed by atoms with Gasteiger partial charge in [0, 0.05) is 19.3 Å². The molecule has 8 nitrogen and oxygen atoms in total. The largest absolute Gasteiger partial charge is 0.477 e. The summed E-state index contributed by atoms with van der Waals surface area (Å²) in [6.07, 6.45) is 47.2. The Balaban J connectivity index is 4.33. The van der Waals surface area contributed by atoms with Crippen molar-refractivity contribution in [3.05, 3.63) is 48.6 Å². The molecule has 0 spiro atoms. The van der Waals surface area contributed by atoms with Crippen molar-refractivity contribution in [3.8, 4) is 0 Å². The van der Waals surface area contributed by atoms with Crippen molar-refractivity contribution in [1.29, 1.82) is 0 Å². The molecule has 0 saturated heterocycles. The van der Waals surface area contributed by atoms with Gasteiger partial charge in [0.1, 0.15) is 6.61 Å². The lowest BCUT2D eigenvalue weighted by atomic mass is 10.1.